The van der Waals surface area contributed by atoms with Crippen molar-refractivity contribution >= 4 is 22.2 Å². The van der Waals surface area contributed by atoms with Gasteiger partial charge in [0, 0.05) is 36.6 Å². The zero-order valence-corrected chi connectivity index (χ0v) is 18.0. The van der Waals surface area contributed by atoms with Crippen molar-refractivity contribution in [2.75, 3.05) is 38.5 Å². The van der Waals surface area contributed by atoms with Crippen molar-refractivity contribution in [3.05, 3.63) is 76.1 Å². The molecule has 1 aliphatic rings. The van der Waals surface area contributed by atoms with E-state index < -0.39 is 0 Å². The molecule has 0 saturated carbocycles. The van der Waals surface area contributed by atoms with E-state index in [0.717, 1.165) is 31.2 Å². The number of hydrogen-bond acceptors (Lipinski definition) is 5. The Morgan fingerprint density at radius 3 is 2.45 bits per heavy atom. The highest BCUT2D eigenvalue weighted by Crippen LogP contribution is 2.42. The van der Waals surface area contributed by atoms with Gasteiger partial charge in [-0.15, -0.1) is 11.3 Å². The Kier molecular flexibility index (Phi) is 5.85. The Bertz CT molecular complexity index is 958. The van der Waals surface area contributed by atoms with E-state index in [1.54, 1.807) is 23.5 Å². The molecule has 0 spiro atoms. The van der Waals surface area contributed by atoms with E-state index in [9.17, 15) is 4.79 Å². The zero-order valence-electron chi connectivity index (χ0n) is 17.1. The Labute approximate surface area is 175 Å². The van der Waals surface area contributed by atoms with Gasteiger partial charge in [-0.3, -0.25) is 9.69 Å². The quantitative estimate of drug-likeness (QED) is 0.672. The summed E-state index contributed by atoms with van der Waals surface area (Å²) in [6.07, 6.45) is 1.53. The zero-order chi connectivity index (χ0) is 20.4. The topological polar surface area (TPSA) is 48.7 Å². The van der Waals surface area contributed by atoms with E-state index in [4.69, 9.17) is 4.42 Å². The summed E-state index contributed by atoms with van der Waals surface area (Å²) in [5.41, 5.74) is 3.70. The van der Waals surface area contributed by atoms with Crippen molar-refractivity contribution in [1.82, 2.24) is 9.80 Å². The van der Waals surface area contributed by atoms with Crippen LogP contribution in [0.25, 0.3) is 0 Å². The van der Waals surface area contributed by atoms with Crippen LogP contribution >= 0.6 is 11.3 Å². The van der Waals surface area contributed by atoms with E-state index in [1.165, 1.54) is 27.8 Å². The average Bonchev–Trinajstić information content (AvgIpc) is 3.35. The molecule has 5 nitrogen and oxygen atoms in total. The van der Waals surface area contributed by atoms with Crippen molar-refractivity contribution in [1.29, 1.82) is 0 Å². The van der Waals surface area contributed by atoms with E-state index in [2.05, 4.69) is 66.3 Å². The van der Waals surface area contributed by atoms with Crippen molar-refractivity contribution < 1.29 is 9.21 Å². The summed E-state index contributed by atoms with van der Waals surface area (Å²) < 4.78 is 5.29. The lowest BCUT2D eigenvalue weighted by Gasteiger charge is -2.39. The van der Waals surface area contributed by atoms with Gasteiger partial charge in [-0.25, -0.2) is 0 Å². The Morgan fingerprint density at radius 2 is 1.79 bits per heavy atom. The lowest BCUT2D eigenvalue weighted by Crippen LogP contribution is -2.46. The molecule has 1 atom stereocenters. The first-order valence-corrected chi connectivity index (χ1v) is 10.8. The first-order valence-electron chi connectivity index (χ1n) is 9.97. The minimum atomic E-state index is -0.206. The number of carbonyl (C=O) groups is 1. The summed E-state index contributed by atoms with van der Waals surface area (Å²) in [5.74, 6) is 0.123. The van der Waals surface area contributed by atoms with Crippen LogP contribution in [0.5, 0.6) is 0 Å². The number of anilines is 1. The maximum absolute atomic E-state index is 12.7. The number of rotatable bonds is 5. The Hall–Kier alpha value is -2.41. The lowest BCUT2D eigenvalue weighted by atomic mass is 9.94. The van der Waals surface area contributed by atoms with E-state index in [1.807, 2.05) is 0 Å². The normalized spacial score (nSPS) is 16.7. The summed E-state index contributed by atoms with van der Waals surface area (Å²) in [6.45, 7) is 8.36. The fourth-order valence-electron chi connectivity index (χ4n) is 3.91. The second-order valence-electron chi connectivity index (χ2n) is 7.61. The molecule has 0 aliphatic carbocycles. The summed E-state index contributed by atoms with van der Waals surface area (Å²) >= 11 is 1.64. The fraction of sp³-hybridized carbons (Fsp3) is 0.348. The second kappa shape index (κ2) is 8.53. The van der Waals surface area contributed by atoms with Crippen molar-refractivity contribution in [3.63, 3.8) is 0 Å². The number of thiophene rings is 1. The molecule has 1 aromatic carbocycles. The number of benzene rings is 1. The Balaban J connectivity index is 1.75. The average molecular weight is 410 g/mol. The van der Waals surface area contributed by atoms with Gasteiger partial charge in [0.25, 0.3) is 5.91 Å². The highest BCUT2D eigenvalue weighted by molar-refractivity contribution is 7.16. The second-order valence-corrected chi connectivity index (χ2v) is 8.83. The highest BCUT2D eigenvalue weighted by Gasteiger charge is 2.31. The smallest absolute Gasteiger partial charge is 0.291 e. The van der Waals surface area contributed by atoms with Gasteiger partial charge >= 0.3 is 0 Å². The molecule has 1 amide bonds. The van der Waals surface area contributed by atoms with Crippen LogP contribution in [0.4, 0.5) is 5.00 Å². The summed E-state index contributed by atoms with van der Waals surface area (Å²) in [7, 11) is 2.17. The number of carbonyl (C=O) groups excluding carboxylic acids is 1. The van der Waals surface area contributed by atoms with Gasteiger partial charge in [-0.2, -0.15) is 0 Å². The number of likely N-dealkylation sites (N-methyl/N-ethyl adjacent to an activating group) is 1. The van der Waals surface area contributed by atoms with Crippen molar-refractivity contribution in [2.45, 2.75) is 19.9 Å². The van der Waals surface area contributed by atoms with Gasteiger partial charge in [0.05, 0.1) is 12.3 Å². The number of nitrogens with one attached hydrogen (secondary N) is 1. The van der Waals surface area contributed by atoms with Gasteiger partial charge in [-0.1, -0.05) is 30.3 Å². The molecule has 2 aromatic heterocycles. The SMILES string of the molecule is Cc1sc(NC(=O)c2ccco2)c([C@H](c2ccccc2)N2CCN(C)CC2)c1C. The minimum absolute atomic E-state index is 0.113. The summed E-state index contributed by atoms with van der Waals surface area (Å²) in [5, 5.41) is 4.03. The highest BCUT2D eigenvalue weighted by atomic mass is 32.1. The molecule has 6 heteroatoms. The molecule has 1 saturated heterocycles. The summed E-state index contributed by atoms with van der Waals surface area (Å²) in [4.78, 5) is 18.8. The third kappa shape index (κ3) is 4.15. The third-order valence-corrected chi connectivity index (χ3v) is 6.83. The molecule has 0 radical (unpaired) electrons. The lowest BCUT2D eigenvalue weighted by molar-refractivity contribution is 0.0996. The predicted octanol–water partition coefficient (Wildman–Crippen LogP) is 4.55. The molecule has 3 aromatic rings. The number of amides is 1. The largest absolute Gasteiger partial charge is 0.459 e. The van der Waals surface area contributed by atoms with Gasteiger partial charge in [0.1, 0.15) is 5.00 Å². The van der Waals surface area contributed by atoms with E-state index in [0.29, 0.717) is 5.76 Å². The van der Waals surface area contributed by atoms with Crippen LogP contribution in [0.15, 0.2) is 53.1 Å². The number of furan rings is 1. The fourth-order valence-corrected chi connectivity index (χ4v) is 5.00. The predicted molar refractivity (Wildman–Crippen MR) is 118 cm³/mol. The number of aryl methyl sites for hydroxylation is 1. The van der Waals surface area contributed by atoms with Crippen molar-refractivity contribution in [3.8, 4) is 0 Å². The van der Waals surface area contributed by atoms with E-state index in [-0.39, 0.29) is 11.9 Å². The molecular weight excluding hydrogens is 382 g/mol. The molecule has 152 valence electrons. The molecule has 1 fully saturated rings. The van der Waals surface area contributed by atoms with Crippen LogP contribution in [0.3, 0.4) is 0 Å². The number of piperazine rings is 1. The van der Waals surface area contributed by atoms with Crippen LogP contribution in [0.2, 0.25) is 0 Å². The molecule has 3 heterocycles. The first kappa shape index (κ1) is 19.9. The minimum Gasteiger partial charge on any atom is -0.459 e. The van der Waals surface area contributed by atoms with E-state index >= 15 is 0 Å². The van der Waals surface area contributed by atoms with Crippen LogP contribution in [0.1, 0.15) is 38.2 Å². The standard InChI is InChI=1S/C23H27N3O2S/c1-16-17(2)29-23(24-22(27)19-10-7-15-28-19)20(16)21(18-8-5-4-6-9-18)26-13-11-25(3)12-14-26/h4-10,15,21H,11-14H2,1-3H3,(H,24,27)/t21-/m0/s1. The third-order valence-electron chi connectivity index (χ3n) is 5.70. The molecule has 0 bridgehead atoms. The maximum atomic E-state index is 12.7. The monoisotopic (exact) mass is 409 g/mol. The Morgan fingerprint density at radius 1 is 1.07 bits per heavy atom. The van der Waals surface area contributed by atoms with Crippen LogP contribution in [-0.2, 0) is 0 Å². The molecular formula is C23H27N3O2S. The molecule has 1 N–H and O–H groups in total. The van der Waals surface area contributed by atoms with Gasteiger partial charge in [0.2, 0.25) is 0 Å². The first-order chi connectivity index (χ1) is 14.0. The molecule has 1 aliphatic heterocycles. The summed E-state index contributed by atoms with van der Waals surface area (Å²) in [6, 6.07) is 14.1. The van der Waals surface area contributed by atoms with Gasteiger partial charge < -0.3 is 14.6 Å². The van der Waals surface area contributed by atoms with Gasteiger partial charge in [-0.05, 0) is 44.2 Å². The molecule has 0 unspecified atom stereocenters. The number of hydrogen-bond donors (Lipinski definition) is 1. The molecule has 29 heavy (non-hydrogen) atoms. The van der Waals surface area contributed by atoms with Crippen LogP contribution < -0.4 is 5.32 Å². The van der Waals surface area contributed by atoms with Crippen molar-refractivity contribution in [2.24, 2.45) is 0 Å². The van der Waals surface area contributed by atoms with Crippen LogP contribution in [-0.4, -0.2) is 48.9 Å². The van der Waals surface area contributed by atoms with Gasteiger partial charge in [0.15, 0.2) is 5.76 Å². The maximum Gasteiger partial charge on any atom is 0.291 e. The molecule has 4 rings (SSSR count). The number of nitrogens with zero attached hydrogens (tertiary/aromatic N) is 2. The van der Waals surface area contributed by atoms with Crippen LogP contribution in [0, 0.1) is 13.8 Å².